The second-order valence-corrected chi connectivity index (χ2v) is 6.29. The fourth-order valence-electron chi connectivity index (χ4n) is 3.31. The maximum absolute atomic E-state index is 5.69. The van der Waals surface area contributed by atoms with Crippen LogP contribution in [-0.2, 0) is 11.3 Å². The lowest BCUT2D eigenvalue weighted by molar-refractivity contribution is 0.125. The van der Waals surface area contributed by atoms with Gasteiger partial charge in [0.1, 0.15) is 0 Å². The third-order valence-electron chi connectivity index (χ3n) is 4.62. The molecule has 1 saturated carbocycles. The van der Waals surface area contributed by atoms with E-state index in [0.29, 0.717) is 0 Å². The van der Waals surface area contributed by atoms with Crippen LogP contribution < -0.4 is 0 Å². The van der Waals surface area contributed by atoms with Gasteiger partial charge < -0.3 is 4.74 Å². The van der Waals surface area contributed by atoms with E-state index in [2.05, 4.69) is 55.5 Å². The first-order valence-corrected chi connectivity index (χ1v) is 8.74. The molecule has 2 rings (SSSR count). The highest BCUT2D eigenvalue weighted by Gasteiger charge is 2.20. The molecule has 0 N–H and O–H groups in total. The highest BCUT2D eigenvalue weighted by molar-refractivity contribution is 5.25. The lowest BCUT2D eigenvalue weighted by Crippen LogP contribution is -2.11. The van der Waals surface area contributed by atoms with Crippen LogP contribution in [0.4, 0.5) is 0 Å². The standard InChI is InChI=1S/C21H30O/c1-3-5-6-16-22-17-19-10-14-21(15-11-19)20-12-8-18(7-4-2)9-13-20/h3-5,7,10-11,14-15,18,20H,6,8-9,12-13,16-17H2,1-2H3/b5-3+,7-4-/t18-,20-. The van der Waals surface area contributed by atoms with Gasteiger partial charge >= 0.3 is 0 Å². The number of allylic oxidation sites excluding steroid dienone is 3. The van der Waals surface area contributed by atoms with Crippen molar-refractivity contribution in [2.45, 2.75) is 58.5 Å². The molecule has 0 aliphatic heterocycles. The first kappa shape index (κ1) is 17.0. The van der Waals surface area contributed by atoms with Gasteiger partial charge in [-0.25, -0.2) is 0 Å². The number of benzene rings is 1. The predicted molar refractivity (Wildman–Crippen MR) is 95.0 cm³/mol. The molecule has 0 bridgehead atoms. The van der Waals surface area contributed by atoms with Crippen molar-refractivity contribution in [3.8, 4) is 0 Å². The summed E-state index contributed by atoms with van der Waals surface area (Å²) in [4.78, 5) is 0. The lowest BCUT2D eigenvalue weighted by atomic mass is 9.78. The average Bonchev–Trinajstić information content (AvgIpc) is 2.56. The Hall–Kier alpha value is -1.34. The van der Waals surface area contributed by atoms with Gasteiger partial charge in [-0.05, 0) is 68.9 Å². The molecule has 0 amide bonds. The third kappa shape index (κ3) is 5.46. The Balaban J connectivity index is 1.77. The minimum absolute atomic E-state index is 0.728. The highest BCUT2D eigenvalue weighted by atomic mass is 16.5. The van der Waals surface area contributed by atoms with Gasteiger partial charge in [0.05, 0.1) is 13.2 Å². The highest BCUT2D eigenvalue weighted by Crippen LogP contribution is 2.36. The zero-order chi connectivity index (χ0) is 15.6. The number of ether oxygens (including phenoxy) is 1. The van der Waals surface area contributed by atoms with Crippen LogP contribution in [0.25, 0.3) is 0 Å². The maximum atomic E-state index is 5.69. The van der Waals surface area contributed by atoms with Gasteiger partial charge in [-0.15, -0.1) is 0 Å². The van der Waals surface area contributed by atoms with Gasteiger partial charge in [-0.3, -0.25) is 0 Å². The van der Waals surface area contributed by atoms with E-state index in [0.717, 1.165) is 31.5 Å². The van der Waals surface area contributed by atoms with E-state index in [1.54, 1.807) is 0 Å². The molecule has 1 fully saturated rings. The van der Waals surface area contributed by atoms with E-state index in [1.807, 2.05) is 6.92 Å². The summed E-state index contributed by atoms with van der Waals surface area (Å²) in [7, 11) is 0. The molecule has 0 aromatic heterocycles. The largest absolute Gasteiger partial charge is 0.376 e. The third-order valence-corrected chi connectivity index (χ3v) is 4.62. The summed E-state index contributed by atoms with van der Waals surface area (Å²) in [5.41, 5.74) is 2.79. The summed E-state index contributed by atoms with van der Waals surface area (Å²) in [5, 5.41) is 0. The molecule has 0 spiro atoms. The van der Waals surface area contributed by atoms with E-state index in [9.17, 15) is 0 Å². The number of hydrogen-bond donors (Lipinski definition) is 0. The molecule has 1 aliphatic carbocycles. The summed E-state index contributed by atoms with van der Waals surface area (Å²) in [6.45, 7) is 5.71. The molecule has 22 heavy (non-hydrogen) atoms. The second kappa shape index (κ2) is 9.63. The Kier molecular flexibility index (Phi) is 7.45. The van der Waals surface area contributed by atoms with Crippen molar-refractivity contribution in [1.29, 1.82) is 0 Å². The first-order chi connectivity index (χ1) is 10.8. The van der Waals surface area contributed by atoms with Crippen molar-refractivity contribution >= 4 is 0 Å². The predicted octanol–water partition coefficient (Wildman–Crippen LogP) is 6.02. The zero-order valence-electron chi connectivity index (χ0n) is 14.1. The topological polar surface area (TPSA) is 9.23 Å². The SMILES string of the molecule is C/C=C\[C@H]1CC[C@H](c2ccc(COCC/C=C/C)cc2)CC1. The zero-order valence-corrected chi connectivity index (χ0v) is 14.1. The summed E-state index contributed by atoms with van der Waals surface area (Å²) >= 11 is 0. The van der Waals surface area contributed by atoms with E-state index in [1.165, 1.54) is 36.8 Å². The molecule has 0 saturated heterocycles. The van der Waals surface area contributed by atoms with E-state index < -0.39 is 0 Å². The van der Waals surface area contributed by atoms with Crippen LogP contribution in [0.3, 0.4) is 0 Å². The molecule has 120 valence electrons. The molecule has 1 heteroatoms. The Bertz CT molecular complexity index is 461. The van der Waals surface area contributed by atoms with Crippen molar-refractivity contribution in [1.82, 2.24) is 0 Å². The maximum Gasteiger partial charge on any atom is 0.0717 e. The molecule has 0 atom stereocenters. The van der Waals surface area contributed by atoms with Gasteiger partial charge in [0.25, 0.3) is 0 Å². The first-order valence-electron chi connectivity index (χ1n) is 8.74. The van der Waals surface area contributed by atoms with Crippen LogP contribution in [0.5, 0.6) is 0 Å². The van der Waals surface area contributed by atoms with E-state index >= 15 is 0 Å². The van der Waals surface area contributed by atoms with Gasteiger partial charge in [0, 0.05) is 0 Å². The molecule has 0 heterocycles. The lowest BCUT2D eigenvalue weighted by Gasteiger charge is -2.27. The van der Waals surface area contributed by atoms with E-state index in [-0.39, 0.29) is 0 Å². The van der Waals surface area contributed by atoms with E-state index in [4.69, 9.17) is 4.74 Å². The Morgan fingerprint density at radius 1 is 1.00 bits per heavy atom. The average molecular weight is 298 g/mol. The van der Waals surface area contributed by atoms with Crippen LogP contribution >= 0.6 is 0 Å². The molecular formula is C21H30O. The Labute approximate surface area is 136 Å². The van der Waals surface area contributed by atoms with Crippen LogP contribution in [0.2, 0.25) is 0 Å². The van der Waals surface area contributed by atoms with Crippen LogP contribution in [0, 0.1) is 5.92 Å². The molecule has 1 aliphatic rings. The van der Waals surface area contributed by atoms with Crippen molar-refractivity contribution in [2.24, 2.45) is 5.92 Å². The molecular weight excluding hydrogens is 268 g/mol. The summed E-state index contributed by atoms with van der Waals surface area (Å²) in [6, 6.07) is 9.10. The van der Waals surface area contributed by atoms with Gasteiger partial charge in [0.15, 0.2) is 0 Å². The monoisotopic (exact) mass is 298 g/mol. The van der Waals surface area contributed by atoms with Gasteiger partial charge in [0.2, 0.25) is 0 Å². The summed E-state index contributed by atoms with van der Waals surface area (Å²) < 4.78 is 5.69. The van der Waals surface area contributed by atoms with Gasteiger partial charge in [-0.1, -0.05) is 48.6 Å². The molecule has 0 unspecified atom stereocenters. The van der Waals surface area contributed by atoms with Crippen molar-refractivity contribution in [3.63, 3.8) is 0 Å². The quantitative estimate of drug-likeness (QED) is 0.442. The summed E-state index contributed by atoms with van der Waals surface area (Å²) in [6.07, 6.45) is 15.1. The van der Waals surface area contributed by atoms with Gasteiger partial charge in [-0.2, -0.15) is 0 Å². The summed E-state index contributed by atoms with van der Waals surface area (Å²) in [5.74, 6) is 1.57. The molecule has 1 aromatic carbocycles. The fraction of sp³-hybridized carbons (Fsp3) is 0.524. The molecule has 0 radical (unpaired) electrons. The smallest absolute Gasteiger partial charge is 0.0717 e. The van der Waals surface area contributed by atoms with Crippen molar-refractivity contribution in [2.75, 3.05) is 6.61 Å². The second-order valence-electron chi connectivity index (χ2n) is 6.29. The molecule has 1 nitrogen and oxygen atoms in total. The number of hydrogen-bond acceptors (Lipinski definition) is 1. The van der Waals surface area contributed by atoms with Crippen molar-refractivity contribution < 1.29 is 4.74 Å². The minimum atomic E-state index is 0.728. The van der Waals surface area contributed by atoms with Crippen LogP contribution in [0.1, 0.15) is 63.0 Å². The Morgan fingerprint density at radius 3 is 2.36 bits per heavy atom. The van der Waals surface area contributed by atoms with Crippen LogP contribution in [0.15, 0.2) is 48.6 Å². The van der Waals surface area contributed by atoms with Crippen LogP contribution in [-0.4, -0.2) is 6.61 Å². The fourth-order valence-corrected chi connectivity index (χ4v) is 3.31. The Morgan fingerprint density at radius 2 is 1.73 bits per heavy atom. The normalized spacial score (nSPS) is 22.6. The van der Waals surface area contributed by atoms with Crippen molar-refractivity contribution in [3.05, 3.63) is 59.7 Å². The number of rotatable bonds is 7. The molecule has 1 aromatic rings. The minimum Gasteiger partial charge on any atom is -0.376 e.